The summed E-state index contributed by atoms with van der Waals surface area (Å²) in [7, 11) is 1.80. The van der Waals surface area contributed by atoms with Gasteiger partial charge in [0.15, 0.2) is 0 Å². The minimum Gasteiger partial charge on any atom is -0.438 e. The number of amides is 2. The summed E-state index contributed by atoms with van der Waals surface area (Å²) in [5.74, 6) is -0.730. The van der Waals surface area contributed by atoms with Crippen LogP contribution in [0.1, 0.15) is 78.1 Å². The predicted octanol–water partition coefficient (Wildman–Crippen LogP) is 5.81. The van der Waals surface area contributed by atoms with Gasteiger partial charge in [-0.3, -0.25) is 14.3 Å². The zero-order chi connectivity index (χ0) is 35.2. The molecule has 10 nitrogen and oxygen atoms in total. The van der Waals surface area contributed by atoms with Crippen molar-refractivity contribution in [2.75, 3.05) is 19.6 Å². The Morgan fingerprint density at radius 1 is 0.920 bits per heavy atom. The molecule has 264 valence electrons. The molecule has 6 rings (SSSR count). The molecule has 2 atom stereocenters. The second-order valence-corrected chi connectivity index (χ2v) is 14.0. The number of aryl methyl sites for hydroxylation is 3. The summed E-state index contributed by atoms with van der Waals surface area (Å²) >= 11 is 0. The first-order valence-electron chi connectivity index (χ1n) is 17.7. The molecule has 2 amide bonds. The van der Waals surface area contributed by atoms with Gasteiger partial charge in [0.25, 0.3) is 11.8 Å². The molecule has 11 heteroatoms. The number of pyridine rings is 1. The van der Waals surface area contributed by atoms with Gasteiger partial charge >= 0.3 is 0 Å². The van der Waals surface area contributed by atoms with E-state index in [4.69, 9.17) is 4.74 Å². The van der Waals surface area contributed by atoms with Gasteiger partial charge in [0.1, 0.15) is 22.8 Å². The Morgan fingerprint density at radius 2 is 1.60 bits per heavy atom. The van der Waals surface area contributed by atoms with E-state index >= 15 is 0 Å². The van der Waals surface area contributed by atoms with Crippen LogP contribution in [0.5, 0.6) is 11.6 Å². The van der Waals surface area contributed by atoms with Gasteiger partial charge in [0.2, 0.25) is 5.88 Å². The Labute approximate surface area is 293 Å². The maximum absolute atomic E-state index is 14.3. The topological polar surface area (TPSA) is 113 Å². The first-order valence-corrected chi connectivity index (χ1v) is 17.7. The molecule has 0 unspecified atom stereocenters. The van der Waals surface area contributed by atoms with Gasteiger partial charge in [-0.05, 0) is 107 Å². The van der Waals surface area contributed by atoms with E-state index in [1.165, 1.54) is 5.56 Å². The number of aromatic nitrogens is 3. The van der Waals surface area contributed by atoms with E-state index in [0.717, 1.165) is 61.6 Å². The van der Waals surface area contributed by atoms with Crippen LogP contribution >= 0.6 is 0 Å². The number of nitrogens with zero attached hydrogens (tertiary/aromatic N) is 4. The number of halogens is 1. The molecule has 50 heavy (non-hydrogen) atoms. The fraction of sp³-hybridized carbons (Fsp3) is 0.436. The average Bonchev–Trinajstić information content (AvgIpc) is 3.44. The molecule has 2 fully saturated rings. The lowest BCUT2D eigenvalue weighted by molar-refractivity contribution is 0.0887. The first kappa shape index (κ1) is 35.2. The third-order valence-corrected chi connectivity index (χ3v) is 9.72. The summed E-state index contributed by atoms with van der Waals surface area (Å²) in [6.07, 6.45) is 5.95. The maximum atomic E-state index is 14.3. The number of benzene rings is 2. The summed E-state index contributed by atoms with van der Waals surface area (Å²) in [6, 6.07) is 20.1. The van der Waals surface area contributed by atoms with Gasteiger partial charge in [0, 0.05) is 50.0 Å². The van der Waals surface area contributed by atoms with Crippen molar-refractivity contribution in [2.45, 2.75) is 83.5 Å². The van der Waals surface area contributed by atoms with Crippen LogP contribution in [-0.2, 0) is 13.5 Å². The molecule has 0 spiro atoms. The minimum absolute atomic E-state index is 0.00778. The highest BCUT2D eigenvalue weighted by Crippen LogP contribution is 2.29. The van der Waals surface area contributed by atoms with Crippen LogP contribution in [0.4, 0.5) is 4.39 Å². The Kier molecular flexibility index (Phi) is 11.2. The maximum Gasteiger partial charge on any atom is 0.272 e. The molecule has 2 aromatic carbocycles. The predicted molar refractivity (Wildman–Crippen MR) is 192 cm³/mol. The second-order valence-electron chi connectivity index (χ2n) is 14.0. The number of nitrogens with one attached hydrogen (secondary N) is 3. The number of piperazine rings is 1. The zero-order valence-electron chi connectivity index (χ0n) is 29.4. The normalized spacial score (nSPS) is 21.1. The number of carbonyl (C=O) groups is 2. The van der Waals surface area contributed by atoms with Crippen LogP contribution in [0.15, 0.2) is 66.9 Å². The standard InChI is InChI=1S/C39H48FN7O3/c1-25-23-47(24-26(2)42-25)18-6-7-28-10-12-29(13-11-28)30-8-5-9-34(20-30)50-39-35(21-31(40)22-41-39)37(48)43-32-14-16-33(17-15-32)44-38(49)36-19-27(3)46(4)45-36/h5,8-13,19-22,25-26,32-33,42H,6-7,14-18,23-24H2,1-4H3,(H,43,48)(H,44,49)/t25-,26+,32-,33+. The van der Waals surface area contributed by atoms with Gasteiger partial charge in [-0.25, -0.2) is 9.37 Å². The fourth-order valence-electron chi connectivity index (χ4n) is 7.09. The smallest absolute Gasteiger partial charge is 0.272 e. The van der Waals surface area contributed by atoms with Gasteiger partial charge in [-0.1, -0.05) is 36.4 Å². The van der Waals surface area contributed by atoms with Crippen molar-refractivity contribution in [3.63, 3.8) is 0 Å². The van der Waals surface area contributed by atoms with E-state index < -0.39 is 11.7 Å². The Balaban J connectivity index is 1.02. The average molecular weight is 682 g/mol. The van der Waals surface area contributed by atoms with Gasteiger partial charge < -0.3 is 25.6 Å². The van der Waals surface area contributed by atoms with E-state index in [9.17, 15) is 14.0 Å². The quantitative estimate of drug-likeness (QED) is 0.183. The van der Waals surface area contributed by atoms with E-state index in [0.29, 0.717) is 49.2 Å². The summed E-state index contributed by atoms with van der Waals surface area (Å²) in [4.78, 5) is 32.7. The van der Waals surface area contributed by atoms with Crippen molar-refractivity contribution >= 4 is 11.8 Å². The van der Waals surface area contributed by atoms with Gasteiger partial charge in [-0.15, -0.1) is 0 Å². The van der Waals surface area contributed by atoms with Gasteiger partial charge in [-0.2, -0.15) is 5.10 Å². The number of hydrogen-bond donors (Lipinski definition) is 3. The molecule has 0 bridgehead atoms. The SMILES string of the molecule is Cc1cc(C(=O)N[C@H]2CC[C@@H](NC(=O)c3cc(F)cnc3Oc3cccc(-c4ccc(CCCN5C[C@@H](C)N[C@@H](C)C5)cc4)c3)CC2)nn1C. The highest BCUT2D eigenvalue weighted by atomic mass is 19.1. The molecule has 1 saturated carbocycles. The molecule has 3 N–H and O–H groups in total. The lowest BCUT2D eigenvalue weighted by Crippen LogP contribution is -2.54. The second kappa shape index (κ2) is 15.9. The highest BCUT2D eigenvalue weighted by Gasteiger charge is 2.27. The molecule has 4 aromatic rings. The monoisotopic (exact) mass is 681 g/mol. The number of hydrogen-bond acceptors (Lipinski definition) is 7. The van der Waals surface area contributed by atoms with Crippen molar-refractivity contribution in [1.29, 1.82) is 0 Å². The fourth-order valence-corrected chi connectivity index (χ4v) is 7.09. The van der Waals surface area contributed by atoms with Crippen LogP contribution in [0.25, 0.3) is 11.1 Å². The molecule has 1 saturated heterocycles. The van der Waals surface area contributed by atoms with Crippen molar-refractivity contribution in [1.82, 2.24) is 35.6 Å². The van der Waals surface area contributed by atoms with E-state index in [-0.39, 0.29) is 29.4 Å². The van der Waals surface area contributed by atoms with E-state index in [2.05, 4.69) is 69.0 Å². The van der Waals surface area contributed by atoms with Crippen LogP contribution in [0.3, 0.4) is 0 Å². The highest BCUT2D eigenvalue weighted by molar-refractivity contribution is 5.96. The lowest BCUT2D eigenvalue weighted by atomic mass is 9.91. The van der Waals surface area contributed by atoms with Crippen molar-refractivity contribution < 1.29 is 18.7 Å². The van der Waals surface area contributed by atoms with Crippen LogP contribution in [-0.4, -0.2) is 75.3 Å². The van der Waals surface area contributed by atoms with Crippen molar-refractivity contribution in [3.8, 4) is 22.8 Å². The van der Waals surface area contributed by atoms with Gasteiger partial charge in [0.05, 0.1) is 6.20 Å². The molecular formula is C39H48FN7O3. The third-order valence-electron chi connectivity index (χ3n) is 9.72. The molecule has 1 aliphatic carbocycles. The molecule has 2 aromatic heterocycles. The first-order chi connectivity index (χ1) is 24.1. The number of carbonyl (C=O) groups excluding carboxylic acids is 2. The summed E-state index contributed by atoms with van der Waals surface area (Å²) in [5.41, 5.74) is 4.66. The minimum atomic E-state index is -0.621. The van der Waals surface area contributed by atoms with Crippen molar-refractivity contribution in [3.05, 3.63) is 95.2 Å². The summed E-state index contributed by atoms with van der Waals surface area (Å²) in [6.45, 7) is 9.68. The summed E-state index contributed by atoms with van der Waals surface area (Å²) in [5, 5.41) is 13.9. The Bertz CT molecular complexity index is 1760. The van der Waals surface area contributed by atoms with E-state index in [1.807, 2.05) is 25.1 Å². The molecule has 1 aliphatic heterocycles. The number of rotatable bonds is 11. The molecule has 2 aliphatic rings. The van der Waals surface area contributed by atoms with Crippen LogP contribution in [0, 0.1) is 12.7 Å². The van der Waals surface area contributed by atoms with Crippen LogP contribution < -0.4 is 20.7 Å². The van der Waals surface area contributed by atoms with Crippen molar-refractivity contribution in [2.24, 2.45) is 7.05 Å². The Morgan fingerprint density at radius 3 is 2.26 bits per heavy atom. The summed E-state index contributed by atoms with van der Waals surface area (Å²) < 4.78 is 22.1. The largest absolute Gasteiger partial charge is 0.438 e. The lowest BCUT2D eigenvalue weighted by Gasteiger charge is -2.36. The van der Waals surface area contributed by atoms with E-state index in [1.54, 1.807) is 23.9 Å². The Hall–Kier alpha value is -4.61. The molecule has 0 radical (unpaired) electrons. The zero-order valence-corrected chi connectivity index (χ0v) is 29.4. The van der Waals surface area contributed by atoms with Crippen LogP contribution in [0.2, 0.25) is 0 Å². The molecule has 3 heterocycles. The number of ether oxygens (including phenoxy) is 1. The third kappa shape index (κ3) is 9.13. The molecular weight excluding hydrogens is 633 g/mol.